The van der Waals surface area contributed by atoms with Crippen molar-refractivity contribution in [1.29, 1.82) is 0 Å². The van der Waals surface area contributed by atoms with Crippen LogP contribution in [0.25, 0.3) is 0 Å². The Bertz CT molecular complexity index is 274. The van der Waals surface area contributed by atoms with Crippen molar-refractivity contribution in [1.82, 2.24) is 0 Å². The van der Waals surface area contributed by atoms with Crippen LogP contribution in [0, 0.1) is 0 Å². The summed E-state index contributed by atoms with van der Waals surface area (Å²) in [5, 5.41) is 8.84. The molecule has 0 saturated heterocycles. The number of carbonyl (C=O) groups excluding carboxylic acids is 1. The fourth-order valence-electron chi connectivity index (χ4n) is 0.962. The molecule has 6 heteroatoms. The summed E-state index contributed by atoms with van der Waals surface area (Å²) in [5.41, 5.74) is 3.57. The van der Waals surface area contributed by atoms with Crippen LogP contribution in [0.4, 0.5) is 0 Å². The zero-order valence-electron chi connectivity index (χ0n) is 10.4. The molecule has 0 fully saturated rings. The lowest BCUT2D eigenvalue weighted by atomic mass is 9.98. The van der Waals surface area contributed by atoms with Crippen LogP contribution in [-0.2, 0) is 14.3 Å². The molecule has 0 heterocycles. The van der Waals surface area contributed by atoms with Gasteiger partial charge in [0.15, 0.2) is 0 Å². The molecule has 0 amide bonds. The molecule has 0 radical (unpaired) electrons. The van der Waals surface area contributed by atoms with Gasteiger partial charge in [0.2, 0.25) is 5.54 Å². The lowest BCUT2D eigenvalue weighted by Crippen LogP contribution is -2.55. The summed E-state index contributed by atoms with van der Waals surface area (Å²) in [6, 6.07) is 0.804. The molecule has 0 aliphatic carbocycles. The number of carboxylic acids is 1. The summed E-state index contributed by atoms with van der Waals surface area (Å²) in [5.74, 6) is -2.19. The summed E-state index contributed by atoms with van der Waals surface area (Å²) in [6.45, 7) is 8.24. The molecule has 0 bridgehead atoms. The second-order valence-electron chi connectivity index (χ2n) is 5.08. The fourth-order valence-corrected chi connectivity index (χ4v) is 1.68. The Morgan fingerprint density at radius 2 is 1.88 bits per heavy atom. The molecule has 0 saturated carbocycles. The maximum atomic E-state index is 11.5. The minimum absolute atomic E-state index is 0.0219. The highest BCUT2D eigenvalue weighted by atomic mass is 28.3. The second kappa shape index (κ2) is 5.45. The van der Waals surface area contributed by atoms with Gasteiger partial charge in [0, 0.05) is 8.07 Å². The molecule has 0 aliphatic rings. The molecule has 1 unspecified atom stereocenters. The van der Waals surface area contributed by atoms with E-state index in [0.717, 1.165) is 6.04 Å². The Balaban J connectivity index is 4.30. The Labute approximate surface area is 97.0 Å². The largest absolute Gasteiger partial charge is 0.479 e. The Morgan fingerprint density at radius 1 is 1.38 bits per heavy atom. The monoisotopic (exact) mass is 247 g/mol. The number of nitrogens with two attached hydrogens (primary N) is 1. The molecule has 0 aliphatic heterocycles. The maximum absolute atomic E-state index is 11.5. The average molecular weight is 247 g/mol. The molecule has 1 atom stereocenters. The van der Waals surface area contributed by atoms with Crippen LogP contribution in [-0.4, -0.2) is 37.3 Å². The summed E-state index contributed by atoms with van der Waals surface area (Å²) in [4.78, 5) is 22.3. The van der Waals surface area contributed by atoms with Gasteiger partial charge in [-0.1, -0.05) is 26.6 Å². The lowest BCUT2D eigenvalue weighted by Gasteiger charge is -2.22. The number of ether oxygens (including phenoxy) is 1. The highest BCUT2D eigenvalue weighted by Crippen LogP contribution is 2.12. The van der Waals surface area contributed by atoms with Crippen molar-refractivity contribution < 1.29 is 19.4 Å². The molecule has 5 nitrogen and oxygen atoms in total. The van der Waals surface area contributed by atoms with Crippen LogP contribution in [0.15, 0.2) is 0 Å². The minimum atomic E-state index is -1.90. The van der Waals surface area contributed by atoms with Crippen molar-refractivity contribution in [2.75, 3.05) is 6.61 Å². The first-order valence-corrected chi connectivity index (χ1v) is 9.03. The van der Waals surface area contributed by atoms with Gasteiger partial charge >= 0.3 is 11.9 Å². The number of rotatable bonds is 6. The first-order valence-electron chi connectivity index (χ1n) is 5.33. The van der Waals surface area contributed by atoms with E-state index >= 15 is 0 Å². The van der Waals surface area contributed by atoms with E-state index in [9.17, 15) is 9.59 Å². The van der Waals surface area contributed by atoms with Crippen LogP contribution in [0.5, 0.6) is 0 Å². The van der Waals surface area contributed by atoms with Crippen molar-refractivity contribution >= 4 is 20.0 Å². The van der Waals surface area contributed by atoms with E-state index in [2.05, 4.69) is 19.6 Å². The van der Waals surface area contributed by atoms with Gasteiger partial charge in [0.05, 0.1) is 6.61 Å². The van der Waals surface area contributed by atoms with Gasteiger partial charge in [-0.15, -0.1) is 0 Å². The van der Waals surface area contributed by atoms with Gasteiger partial charge in [-0.2, -0.15) is 0 Å². The van der Waals surface area contributed by atoms with Crippen LogP contribution in [0.2, 0.25) is 25.7 Å². The summed E-state index contributed by atoms with van der Waals surface area (Å²) in [7, 11) is -1.29. The van der Waals surface area contributed by atoms with E-state index in [0.29, 0.717) is 0 Å². The van der Waals surface area contributed by atoms with E-state index in [1.807, 2.05) is 0 Å². The van der Waals surface area contributed by atoms with Crippen molar-refractivity contribution in [2.45, 2.75) is 44.6 Å². The second-order valence-corrected chi connectivity index (χ2v) is 10.7. The Morgan fingerprint density at radius 3 is 2.19 bits per heavy atom. The van der Waals surface area contributed by atoms with E-state index in [-0.39, 0.29) is 13.0 Å². The van der Waals surface area contributed by atoms with Crippen molar-refractivity contribution in [2.24, 2.45) is 5.73 Å². The topological polar surface area (TPSA) is 89.6 Å². The molecule has 3 N–H and O–H groups in total. The molecular weight excluding hydrogens is 226 g/mol. The quantitative estimate of drug-likeness (QED) is 0.416. The van der Waals surface area contributed by atoms with Crippen molar-refractivity contribution in [3.63, 3.8) is 0 Å². The van der Waals surface area contributed by atoms with Crippen molar-refractivity contribution in [3.05, 3.63) is 0 Å². The lowest BCUT2D eigenvalue weighted by molar-refractivity contribution is -0.160. The van der Waals surface area contributed by atoms with Gasteiger partial charge in [0.1, 0.15) is 0 Å². The van der Waals surface area contributed by atoms with Crippen LogP contribution in [0.3, 0.4) is 0 Å². The molecule has 0 spiro atoms. The van der Waals surface area contributed by atoms with Crippen molar-refractivity contribution in [3.8, 4) is 0 Å². The highest BCUT2D eigenvalue weighted by molar-refractivity contribution is 6.76. The zero-order valence-corrected chi connectivity index (χ0v) is 11.4. The SMILES string of the molecule is CCC(N)(C(=O)O)C(=O)OCC[Si](C)(C)C. The number of aliphatic carboxylic acids is 1. The summed E-state index contributed by atoms with van der Waals surface area (Å²) < 4.78 is 4.93. The molecule has 0 rings (SSSR count). The standard InChI is InChI=1S/C10H21NO4Si/c1-5-10(11,8(12)13)9(14)15-6-7-16(2,3)4/h5-7,11H2,1-4H3,(H,12,13). The Kier molecular flexibility index (Phi) is 5.15. The van der Waals surface area contributed by atoms with E-state index < -0.39 is 25.6 Å². The Hall–Kier alpha value is -0.883. The molecule has 0 aromatic rings. The molecule has 94 valence electrons. The number of hydrogen-bond donors (Lipinski definition) is 2. The van der Waals surface area contributed by atoms with E-state index in [4.69, 9.17) is 15.6 Å². The van der Waals surface area contributed by atoms with Crippen LogP contribution >= 0.6 is 0 Å². The maximum Gasteiger partial charge on any atom is 0.337 e. The third kappa shape index (κ3) is 4.32. The number of esters is 1. The zero-order chi connectivity index (χ0) is 13.0. The van der Waals surface area contributed by atoms with Gasteiger partial charge in [-0.3, -0.25) is 0 Å². The third-order valence-corrected chi connectivity index (χ3v) is 4.09. The van der Waals surface area contributed by atoms with Crippen LogP contribution in [0.1, 0.15) is 13.3 Å². The predicted molar refractivity (Wildman–Crippen MR) is 64.0 cm³/mol. The molecular formula is C10H21NO4Si. The first-order chi connectivity index (χ1) is 7.13. The number of carboxylic acid groups (broad SMARTS) is 1. The smallest absolute Gasteiger partial charge is 0.337 e. The molecule has 16 heavy (non-hydrogen) atoms. The fraction of sp³-hybridized carbons (Fsp3) is 0.800. The van der Waals surface area contributed by atoms with Gasteiger partial charge in [0.25, 0.3) is 0 Å². The third-order valence-electron chi connectivity index (χ3n) is 2.39. The minimum Gasteiger partial charge on any atom is -0.479 e. The normalized spacial score (nSPS) is 15.3. The predicted octanol–water partition coefficient (Wildman–Crippen LogP) is 1.06. The molecule has 0 aromatic heterocycles. The molecule has 0 aromatic carbocycles. The first kappa shape index (κ1) is 15.1. The number of hydrogen-bond acceptors (Lipinski definition) is 4. The highest BCUT2D eigenvalue weighted by Gasteiger charge is 2.42. The van der Waals surface area contributed by atoms with E-state index in [1.54, 1.807) is 6.92 Å². The summed E-state index contributed by atoms with van der Waals surface area (Å²) in [6.07, 6.45) is 0.0219. The van der Waals surface area contributed by atoms with Crippen LogP contribution < -0.4 is 5.73 Å². The average Bonchev–Trinajstić information content (AvgIpc) is 2.13. The van der Waals surface area contributed by atoms with Gasteiger partial charge in [-0.05, 0) is 12.5 Å². The van der Waals surface area contributed by atoms with Gasteiger partial charge < -0.3 is 15.6 Å². The summed E-state index contributed by atoms with van der Waals surface area (Å²) >= 11 is 0. The van der Waals surface area contributed by atoms with E-state index in [1.165, 1.54) is 0 Å². The number of carbonyl (C=O) groups is 2. The van der Waals surface area contributed by atoms with Gasteiger partial charge in [-0.25, -0.2) is 9.59 Å².